The van der Waals surface area contributed by atoms with Gasteiger partial charge in [-0.15, -0.1) is 0 Å². The van der Waals surface area contributed by atoms with Crippen LogP contribution >= 0.6 is 15.9 Å². The maximum Gasteiger partial charge on any atom is 0.272 e. The summed E-state index contributed by atoms with van der Waals surface area (Å²) < 4.78 is 46.5. The van der Waals surface area contributed by atoms with Gasteiger partial charge in [-0.25, -0.2) is 12.8 Å². The van der Waals surface area contributed by atoms with Crippen molar-refractivity contribution in [1.82, 2.24) is 4.98 Å². The number of ether oxygens (including phenoxy) is 1. The molecule has 0 saturated carbocycles. The van der Waals surface area contributed by atoms with Crippen LogP contribution in [0.5, 0.6) is 5.75 Å². The van der Waals surface area contributed by atoms with E-state index in [9.17, 15) is 17.6 Å². The number of nitrogens with one attached hydrogen (secondary N) is 3. The van der Waals surface area contributed by atoms with Crippen LogP contribution < -0.4 is 14.8 Å². The Morgan fingerprint density at radius 1 is 1.14 bits per heavy atom. The van der Waals surface area contributed by atoms with Gasteiger partial charge >= 0.3 is 0 Å². The molecule has 28 heavy (non-hydrogen) atoms. The zero-order chi connectivity index (χ0) is 20.3. The Labute approximate surface area is 169 Å². The molecule has 1 amide bonds. The fourth-order valence-electron chi connectivity index (χ4n) is 2.38. The Kier molecular flexibility index (Phi) is 5.71. The number of benzene rings is 2. The number of carbonyl (C=O) groups excluding carboxylic acids is 1. The number of amides is 1. The smallest absolute Gasteiger partial charge is 0.272 e. The van der Waals surface area contributed by atoms with Gasteiger partial charge in [0.1, 0.15) is 17.3 Å². The number of anilines is 2. The van der Waals surface area contributed by atoms with Gasteiger partial charge in [-0.3, -0.25) is 9.52 Å². The molecule has 0 unspecified atom stereocenters. The number of hydrogen-bond donors (Lipinski definition) is 3. The Hall–Kier alpha value is -2.85. The Bertz CT molecular complexity index is 1110. The quantitative estimate of drug-likeness (QED) is 0.510. The van der Waals surface area contributed by atoms with Crippen molar-refractivity contribution >= 4 is 43.2 Å². The third-order valence-electron chi connectivity index (χ3n) is 3.72. The maximum atomic E-state index is 13.1. The van der Waals surface area contributed by atoms with E-state index < -0.39 is 21.7 Å². The summed E-state index contributed by atoms with van der Waals surface area (Å²) in [7, 11) is -2.59. The van der Waals surface area contributed by atoms with Crippen LogP contribution in [0.1, 0.15) is 10.5 Å². The first-order valence-corrected chi connectivity index (χ1v) is 10.2. The largest absolute Gasteiger partial charge is 0.495 e. The van der Waals surface area contributed by atoms with E-state index in [1.807, 2.05) is 0 Å². The van der Waals surface area contributed by atoms with Crippen molar-refractivity contribution in [3.63, 3.8) is 0 Å². The number of halogens is 2. The summed E-state index contributed by atoms with van der Waals surface area (Å²) in [6, 6.07) is 10.5. The first kappa shape index (κ1) is 19.9. The highest BCUT2D eigenvalue weighted by molar-refractivity contribution is 9.10. The van der Waals surface area contributed by atoms with Gasteiger partial charge in [-0.2, -0.15) is 0 Å². The summed E-state index contributed by atoms with van der Waals surface area (Å²) in [6.07, 6.45) is 1.62. The van der Waals surface area contributed by atoms with Crippen LogP contribution in [0.4, 0.5) is 15.8 Å². The molecule has 0 saturated heterocycles. The molecule has 7 nitrogen and oxygen atoms in total. The lowest BCUT2D eigenvalue weighted by Gasteiger charge is -2.14. The van der Waals surface area contributed by atoms with Gasteiger partial charge in [0.2, 0.25) is 0 Å². The lowest BCUT2D eigenvalue weighted by atomic mass is 10.2. The summed E-state index contributed by atoms with van der Waals surface area (Å²) in [5, 5.41) is 2.67. The van der Waals surface area contributed by atoms with Crippen LogP contribution in [0.15, 0.2) is 64.1 Å². The van der Waals surface area contributed by atoms with Gasteiger partial charge in [-0.05, 0) is 64.5 Å². The standard InChI is InChI=1S/C18H15BrFN3O4S/c1-27-17-7-4-13(22-18(24)16-8-11(19)10-21-16)9-15(17)23-28(25,26)14-5-2-12(20)3-6-14/h2-10,21,23H,1H3,(H,22,24). The molecule has 1 aromatic heterocycles. The molecule has 1 heterocycles. The van der Waals surface area contributed by atoms with Crippen molar-refractivity contribution in [1.29, 1.82) is 0 Å². The maximum absolute atomic E-state index is 13.1. The number of aromatic nitrogens is 1. The number of rotatable bonds is 6. The molecular weight excluding hydrogens is 453 g/mol. The lowest BCUT2D eigenvalue weighted by Crippen LogP contribution is -2.15. The molecule has 0 fully saturated rings. The Morgan fingerprint density at radius 3 is 2.46 bits per heavy atom. The summed E-state index contributed by atoms with van der Waals surface area (Å²) in [5.41, 5.74) is 0.807. The van der Waals surface area contributed by atoms with E-state index >= 15 is 0 Å². The molecule has 0 atom stereocenters. The SMILES string of the molecule is COc1ccc(NC(=O)c2cc(Br)c[nH]2)cc1NS(=O)(=O)c1ccc(F)cc1. The first-order valence-electron chi connectivity index (χ1n) is 7.90. The van der Waals surface area contributed by atoms with Crippen molar-refractivity contribution in [2.24, 2.45) is 0 Å². The predicted octanol–water partition coefficient (Wildman–Crippen LogP) is 3.98. The molecule has 0 radical (unpaired) electrons. The van der Waals surface area contributed by atoms with Gasteiger partial charge in [0, 0.05) is 16.4 Å². The van der Waals surface area contributed by atoms with Crippen LogP contribution in [-0.2, 0) is 10.0 Å². The van der Waals surface area contributed by atoms with Crippen LogP contribution in [-0.4, -0.2) is 26.4 Å². The highest BCUT2D eigenvalue weighted by atomic mass is 79.9. The van der Waals surface area contributed by atoms with E-state index in [0.29, 0.717) is 11.4 Å². The third-order valence-corrected chi connectivity index (χ3v) is 5.56. The molecule has 3 rings (SSSR count). The number of H-pyrrole nitrogens is 1. The van der Waals surface area contributed by atoms with Crippen molar-refractivity contribution in [3.8, 4) is 5.75 Å². The highest BCUT2D eigenvalue weighted by Gasteiger charge is 2.18. The minimum atomic E-state index is -3.98. The molecule has 3 aromatic rings. The van der Waals surface area contributed by atoms with Crippen molar-refractivity contribution in [2.75, 3.05) is 17.1 Å². The number of aromatic amines is 1. The van der Waals surface area contributed by atoms with Crippen LogP contribution in [0, 0.1) is 5.82 Å². The molecule has 0 aliphatic rings. The normalized spacial score (nSPS) is 11.1. The monoisotopic (exact) mass is 467 g/mol. The third kappa shape index (κ3) is 4.52. The Morgan fingerprint density at radius 2 is 1.86 bits per heavy atom. The van der Waals surface area contributed by atoms with Gasteiger partial charge < -0.3 is 15.0 Å². The number of sulfonamides is 1. The average molecular weight is 468 g/mol. The van der Waals surface area contributed by atoms with Gasteiger partial charge in [0.25, 0.3) is 15.9 Å². The zero-order valence-electron chi connectivity index (χ0n) is 14.5. The summed E-state index contributed by atoms with van der Waals surface area (Å²) in [5.74, 6) is -0.688. The molecule has 146 valence electrons. The number of hydrogen-bond acceptors (Lipinski definition) is 4. The number of methoxy groups -OCH3 is 1. The molecular formula is C18H15BrFN3O4S. The minimum absolute atomic E-state index is 0.110. The Balaban J connectivity index is 1.86. The second-order valence-electron chi connectivity index (χ2n) is 5.66. The van der Waals surface area contributed by atoms with E-state index in [1.54, 1.807) is 18.3 Å². The van der Waals surface area contributed by atoms with E-state index in [2.05, 4.69) is 31.0 Å². The second-order valence-corrected chi connectivity index (χ2v) is 8.26. The molecule has 0 bridgehead atoms. The minimum Gasteiger partial charge on any atom is -0.495 e. The van der Waals surface area contributed by atoms with Gasteiger partial charge in [-0.1, -0.05) is 0 Å². The van der Waals surface area contributed by atoms with Gasteiger partial charge in [0.15, 0.2) is 0 Å². The van der Waals surface area contributed by atoms with Crippen LogP contribution in [0.25, 0.3) is 0 Å². The fourth-order valence-corrected chi connectivity index (χ4v) is 3.79. The molecule has 3 N–H and O–H groups in total. The first-order chi connectivity index (χ1) is 13.3. The second kappa shape index (κ2) is 8.03. The summed E-state index contributed by atoms with van der Waals surface area (Å²) >= 11 is 3.25. The predicted molar refractivity (Wildman–Crippen MR) is 107 cm³/mol. The molecule has 2 aromatic carbocycles. The fraction of sp³-hybridized carbons (Fsp3) is 0.0556. The molecule has 0 spiro atoms. The van der Waals surface area contributed by atoms with E-state index in [0.717, 1.165) is 28.7 Å². The highest BCUT2D eigenvalue weighted by Crippen LogP contribution is 2.30. The summed E-state index contributed by atoms with van der Waals surface area (Å²) in [4.78, 5) is 15.0. The van der Waals surface area contributed by atoms with Crippen molar-refractivity contribution in [3.05, 3.63) is 70.7 Å². The van der Waals surface area contributed by atoms with Crippen molar-refractivity contribution in [2.45, 2.75) is 4.90 Å². The van der Waals surface area contributed by atoms with Crippen LogP contribution in [0.2, 0.25) is 0 Å². The summed E-state index contributed by atoms with van der Waals surface area (Å²) in [6.45, 7) is 0. The lowest BCUT2D eigenvalue weighted by molar-refractivity contribution is 0.102. The molecule has 10 heteroatoms. The van der Waals surface area contributed by atoms with Gasteiger partial charge in [0.05, 0.1) is 17.7 Å². The van der Waals surface area contributed by atoms with E-state index in [4.69, 9.17) is 4.74 Å². The van der Waals surface area contributed by atoms with Crippen molar-refractivity contribution < 1.29 is 22.3 Å². The van der Waals surface area contributed by atoms with Crippen LogP contribution in [0.3, 0.4) is 0 Å². The van der Waals surface area contributed by atoms with E-state index in [-0.39, 0.29) is 16.3 Å². The number of carbonyl (C=O) groups is 1. The topological polar surface area (TPSA) is 100 Å². The molecule has 0 aliphatic heterocycles. The van der Waals surface area contributed by atoms with E-state index in [1.165, 1.54) is 19.2 Å². The average Bonchev–Trinajstić information content (AvgIpc) is 3.08. The zero-order valence-corrected chi connectivity index (χ0v) is 16.9. The molecule has 0 aliphatic carbocycles.